The number of phenols is 1. The molecule has 3 amide bonds. The Hall–Kier alpha value is -3.18. The van der Waals surface area contributed by atoms with Gasteiger partial charge in [0.05, 0.1) is 12.6 Å². The van der Waals surface area contributed by atoms with Crippen molar-refractivity contribution in [3.63, 3.8) is 0 Å². The zero-order valence-electron chi connectivity index (χ0n) is 19.8. The summed E-state index contributed by atoms with van der Waals surface area (Å²) in [5.74, 6) is -2.99. The van der Waals surface area contributed by atoms with Gasteiger partial charge in [0, 0.05) is 6.42 Å². The first-order valence-electron chi connectivity index (χ1n) is 11.4. The van der Waals surface area contributed by atoms with Crippen LogP contribution in [0.3, 0.4) is 0 Å². The summed E-state index contributed by atoms with van der Waals surface area (Å²) in [6.45, 7) is 3.75. The third-order valence-electron chi connectivity index (χ3n) is 5.57. The summed E-state index contributed by atoms with van der Waals surface area (Å²) >= 11 is 0. The van der Waals surface area contributed by atoms with Gasteiger partial charge < -0.3 is 37.6 Å². The molecule has 34 heavy (non-hydrogen) atoms. The van der Waals surface area contributed by atoms with Crippen LogP contribution in [0.4, 0.5) is 0 Å². The molecule has 0 aromatic heterocycles. The van der Waals surface area contributed by atoms with Crippen molar-refractivity contribution >= 4 is 23.7 Å². The maximum atomic E-state index is 12.9. The number of benzene rings is 1. The first-order chi connectivity index (χ1) is 16.1. The van der Waals surface area contributed by atoms with Crippen LogP contribution in [0.15, 0.2) is 24.3 Å². The molecule has 0 bridgehead atoms. The maximum Gasteiger partial charge on any atom is 0.326 e. The van der Waals surface area contributed by atoms with E-state index in [1.165, 1.54) is 12.1 Å². The van der Waals surface area contributed by atoms with E-state index in [4.69, 9.17) is 11.5 Å². The fourth-order valence-corrected chi connectivity index (χ4v) is 3.14. The molecule has 190 valence electrons. The molecule has 0 radical (unpaired) electrons. The van der Waals surface area contributed by atoms with Crippen LogP contribution in [-0.2, 0) is 25.6 Å². The minimum atomic E-state index is -1.19. The van der Waals surface area contributed by atoms with E-state index in [0.717, 1.165) is 0 Å². The number of carbonyl (C=O) groups excluding carboxylic acids is 3. The van der Waals surface area contributed by atoms with E-state index in [0.29, 0.717) is 31.4 Å². The predicted molar refractivity (Wildman–Crippen MR) is 127 cm³/mol. The topological polar surface area (TPSA) is 197 Å². The van der Waals surface area contributed by atoms with Crippen molar-refractivity contribution in [1.82, 2.24) is 16.0 Å². The number of hydrogen-bond acceptors (Lipinski definition) is 7. The molecule has 4 atom stereocenters. The number of amides is 3. The summed E-state index contributed by atoms with van der Waals surface area (Å²) in [5, 5.41) is 26.4. The van der Waals surface area contributed by atoms with Gasteiger partial charge in [-0.2, -0.15) is 0 Å². The molecule has 9 N–H and O–H groups in total. The van der Waals surface area contributed by atoms with Gasteiger partial charge in [-0.15, -0.1) is 0 Å². The zero-order valence-corrected chi connectivity index (χ0v) is 19.8. The van der Waals surface area contributed by atoms with E-state index in [2.05, 4.69) is 16.0 Å². The quantitative estimate of drug-likeness (QED) is 0.165. The highest BCUT2D eigenvalue weighted by Gasteiger charge is 2.27. The average Bonchev–Trinajstić information content (AvgIpc) is 2.81. The second-order valence-electron chi connectivity index (χ2n) is 8.30. The molecule has 0 aliphatic carbocycles. The number of hydrogen-bond donors (Lipinski definition) is 7. The van der Waals surface area contributed by atoms with Crippen LogP contribution < -0.4 is 27.4 Å². The van der Waals surface area contributed by atoms with Gasteiger partial charge in [-0.05, 0) is 49.4 Å². The van der Waals surface area contributed by atoms with Gasteiger partial charge in [0.1, 0.15) is 17.8 Å². The molecule has 0 fully saturated rings. The number of aliphatic carboxylic acids is 1. The minimum absolute atomic E-state index is 0.0417. The van der Waals surface area contributed by atoms with Crippen LogP contribution in [0.25, 0.3) is 0 Å². The molecule has 0 saturated carbocycles. The number of carbonyl (C=O) groups is 4. The Morgan fingerprint density at radius 3 is 2.21 bits per heavy atom. The lowest BCUT2D eigenvalue weighted by molar-refractivity contribution is -0.142. The van der Waals surface area contributed by atoms with Crippen molar-refractivity contribution in [2.75, 3.05) is 13.1 Å². The summed E-state index contributed by atoms with van der Waals surface area (Å²) in [6.07, 6.45) is 2.08. The van der Waals surface area contributed by atoms with E-state index in [-0.39, 0.29) is 31.1 Å². The molecular weight excluding hydrogens is 442 g/mol. The Labute approximate surface area is 199 Å². The molecule has 1 aromatic carbocycles. The first-order valence-corrected chi connectivity index (χ1v) is 11.4. The third-order valence-corrected chi connectivity index (χ3v) is 5.57. The van der Waals surface area contributed by atoms with Crippen LogP contribution in [0.2, 0.25) is 0 Å². The monoisotopic (exact) mass is 479 g/mol. The number of aromatic hydroxyl groups is 1. The lowest BCUT2D eigenvalue weighted by Crippen LogP contribution is -2.54. The van der Waals surface area contributed by atoms with E-state index < -0.39 is 41.8 Å². The van der Waals surface area contributed by atoms with Crippen LogP contribution >= 0.6 is 0 Å². The lowest BCUT2D eigenvalue weighted by atomic mass is 9.99. The summed E-state index contributed by atoms with van der Waals surface area (Å²) in [6, 6.07) is 3.05. The summed E-state index contributed by atoms with van der Waals surface area (Å²) in [4.78, 5) is 49.1. The molecule has 4 unspecified atom stereocenters. The Balaban J connectivity index is 2.87. The number of phenolic OH excluding ortho intramolecular Hbond substituents is 1. The number of carboxylic acid groups (broad SMARTS) is 1. The maximum absolute atomic E-state index is 12.9. The molecule has 11 heteroatoms. The Bertz CT molecular complexity index is 817. The Morgan fingerprint density at radius 2 is 1.65 bits per heavy atom. The minimum Gasteiger partial charge on any atom is -0.508 e. The molecule has 0 aliphatic rings. The van der Waals surface area contributed by atoms with Crippen molar-refractivity contribution in [2.24, 2.45) is 17.4 Å². The van der Waals surface area contributed by atoms with Gasteiger partial charge in [-0.25, -0.2) is 4.79 Å². The normalized spacial score (nSPS) is 14.4. The van der Waals surface area contributed by atoms with E-state index in [1.807, 2.05) is 13.8 Å². The summed E-state index contributed by atoms with van der Waals surface area (Å²) < 4.78 is 0. The molecular formula is C23H37N5O6. The second kappa shape index (κ2) is 14.9. The highest BCUT2D eigenvalue weighted by Crippen LogP contribution is 2.12. The molecule has 1 aromatic rings. The van der Waals surface area contributed by atoms with Gasteiger partial charge >= 0.3 is 5.97 Å². The fourth-order valence-electron chi connectivity index (χ4n) is 3.14. The van der Waals surface area contributed by atoms with Crippen LogP contribution in [0.1, 0.15) is 45.1 Å². The second-order valence-corrected chi connectivity index (χ2v) is 8.30. The van der Waals surface area contributed by atoms with Crippen LogP contribution in [0, 0.1) is 5.92 Å². The van der Waals surface area contributed by atoms with Crippen molar-refractivity contribution < 1.29 is 29.4 Å². The summed E-state index contributed by atoms with van der Waals surface area (Å²) in [7, 11) is 0. The lowest BCUT2D eigenvalue weighted by Gasteiger charge is -2.22. The third kappa shape index (κ3) is 10.2. The van der Waals surface area contributed by atoms with E-state index >= 15 is 0 Å². The molecule has 0 spiro atoms. The van der Waals surface area contributed by atoms with Crippen molar-refractivity contribution in [2.45, 2.75) is 64.1 Å². The van der Waals surface area contributed by atoms with Crippen LogP contribution in [-0.4, -0.2) is 65.1 Å². The number of nitrogens with two attached hydrogens (primary N) is 2. The zero-order chi connectivity index (χ0) is 25.7. The number of carboxylic acids is 1. The molecule has 0 aliphatic heterocycles. The summed E-state index contributed by atoms with van der Waals surface area (Å²) in [5.41, 5.74) is 11.9. The number of nitrogens with one attached hydrogen (secondary N) is 3. The standard InChI is InChI=1S/C23H37N5O6/c1-3-14(2)20(25)22(32)26-13-19(30)27-18(12-15-7-9-16(29)10-8-15)21(31)28-17(23(33)34)6-4-5-11-24/h7-10,14,17-18,20,29H,3-6,11-13,24-25H2,1-2H3,(H,26,32)(H,27,30)(H,28,31)(H,33,34). The van der Waals surface area contributed by atoms with Gasteiger partial charge in [0.15, 0.2) is 0 Å². The fraction of sp³-hybridized carbons (Fsp3) is 0.565. The van der Waals surface area contributed by atoms with Gasteiger partial charge in [0.2, 0.25) is 17.7 Å². The van der Waals surface area contributed by atoms with Gasteiger partial charge in [-0.3, -0.25) is 14.4 Å². The SMILES string of the molecule is CCC(C)C(N)C(=O)NCC(=O)NC(Cc1ccc(O)cc1)C(=O)NC(CCCCN)C(=O)O. The molecule has 11 nitrogen and oxygen atoms in total. The Kier molecular flexibility index (Phi) is 12.6. The van der Waals surface area contributed by atoms with Gasteiger partial charge in [-0.1, -0.05) is 32.4 Å². The Morgan fingerprint density at radius 1 is 1.00 bits per heavy atom. The highest BCUT2D eigenvalue weighted by atomic mass is 16.4. The number of rotatable bonds is 15. The predicted octanol–water partition coefficient (Wildman–Crippen LogP) is -0.392. The van der Waals surface area contributed by atoms with Crippen LogP contribution in [0.5, 0.6) is 5.75 Å². The number of unbranched alkanes of at least 4 members (excludes halogenated alkanes) is 1. The van der Waals surface area contributed by atoms with Crippen molar-refractivity contribution in [3.05, 3.63) is 29.8 Å². The first kappa shape index (κ1) is 28.9. The van der Waals surface area contributed by atoms with E-state index in [9.17, 15) is 29.4 Å². The van der Waals surface area contributed by atoms with E-state index in [1.54, 1.807) is 12.1 Å². The van der Waals surface area contributed by atoms with Crippen molar-refractivity contribution in [1.29, 1.82) is 0 Å². The molecule has 0 heterocycles. The van der Waals surface area contributed by atoms with Gasteiger partial charge in [0.25, 0.3) is 0 Å². The highest BCUT2D eigenvalue weighted by molar-refractivity contribution is 5.92. The molecule has 1 rings (SSSR count). The molecule has 0 saturated heterocycles. The largest absolute Gasteiger partial charge is 0.508 e. The average molecular weight is 480 g/mol. The van der Waals surface area contributed by atoms with Crippen molar-refractivity contribution in [3.8, 4) is 5.75 Å². The smallest absolute Gasteiger partial charge is 0.326 e.